The molecule has 0 saturated carbocycles. The van der Waals surface area contributed by atoms with E-state index in [1.54, 1.807) is 4.90 Å². The lowest BCUT2D eigenvalue weighted by atomic mass is 10.1. The lowest BCUT2D eigenvalue weighted by Crippen LogP contribution is -2.39. The van der Waals surface area contributed by atoms with E-state index in [1.807, 2.05) is 31.2 Å². The Morgan fingerprint density at radius 3 is 2.67 bits per heavy atom. The zero-order valence-corrected chi connectivity index (χ0v) is 16.9. The molecule has 3 aromatic rings. The normalized spacial score (nSPS) is 15.4. The highest BCUT2D eigenvalue weighted by Crippen LogP contribution is 2.31. The third-order valence-electron chi connectivity index (χ3n) is 5.35. The summed E-state index contributed by atoms with van der Waals surface area (Å²) in [5, 5.41) is 0. The molecular weight excluding hydrogens is 390 g/mol. The fraction of sp³-hybridized carbons (Fsp3) is 0.350. The van der Waals surface area contributed by atoms with E-state index in [9.17, 15) is 19.2 Å². The highest BCUT2D eigenvalue weighted by Gasteiger charge is 2.31. The monoisotopic (exact) mass is 411 g/mol. The van der Waals surface area contributed by atoms with Crippen LogP contribution in [0, 0.1) is 0 Å². The molecule has 0 bridgehead atoms. The number of aryl methyl sites for hydroxylation is 1. The Bertz CT molecular complexity index is 1280. The molecule has 4 rings (SSSR count). The summed E-state index contributed by atoms with van der Waals surface area (Å²) < 4.78 is 8.66. The number of anilines is 1. The number of nitrogens with zero attached hydrogens (tertiary/aromatic N) is 5. The second-order valence-corrected chi connectivity index (χ2v) is 7.36. The second-order valence-electron chi connectivity index (χ2n) is 7.36. The van der Waals surface area contributed by atoms with Gasteiger partial charge >= 0.3 is 11.7 Å². The quantitative estimate of drug-likeness (QED) is 0.557. The van der Waals surface area contributed by atoms with Crippen molar-refractivity contribution in [3.63, 3.8) is 0 Å². The molecule has 10 heteroatoms. The van der Waals surface area contributed by atoms with Crippen LogP contribution in [0.2, 0.25) is 0 Å². The fourth-order valence-electron chi connectivity index (χ4n) is 3.86. The number of amides is 1. The first kappa shape index (κ1) is 19.6. The first-order valence-electron chi connectivity index (χ1n) is 9.46. The number of rotatable bonds is 4. The van der Waals surface area contributed by atoms with Gasteiger partial charge in [-0.3, -0.25) is 23.5 Å². The fourth-order valence-corrected chi connectivity index (χ4v) is 3.86. The molecule has 0 N–H and O–H groups in total. The summed E-state index contributed by atoms with van der Waals surface area (Å²) >= 11 is 0. The molecule has 1 unspecified atom stereocenters. The van der Waals surface area contributed by atoms with Gasteiger partial charge in [0.2, 0.25) is 0 Å². The van der Waals surface area contributed by atoms with E-state index in [2.05, 4.69) is 4.98 Å². The Balaban J connectivity index is 1.48. The summed E-state index contributed by atoms with van der Waals surface area (Å²) in [4.78, 5) is 55.1. The van der Waals surface area contributed by atoms with Crippen LogP contribution in [0.5, 0.6) is 0 Å². The Morgan fingerprint density at radius 1 is 1.17 bits per heavy atom. The van der Waals surface area contributed by atoms with Gasteiger partial charge in [-0.1, -0.05) is 18.2 Å². The summed E-state index contributed by atoms with van der Waals surface area (Å²) in [6.45, 7) is 1.24. The van der Waals surface area contributed by atoms with Gasteiger partial charge in [0.05, 0.1) is 6.33 Å². The third kappa shape index (κ3) is 3.10. The highest BCUT2D eigenvalue weighted by molar-refractivity contribution is 5.97. The van der Waals surface area contributed by atoms with Crippen LogP contribution in [0.4, 0.5) is 5.69 Å². The molecular formula is C20H21N5O5. The lowest BCUT2D eigenvalue weighted by Gasteiger charge is -2.22. The van der Waals surface area contributed by atoms with Crippen LogP contribution in [0.25, 0.3) is 11.2 Å². The molecule has 30 heavy (non-hydrogen) atoms. The average molecular weight is 411 g/mol. The molecule has 10 nitrogen and oxygen atoms in total. The van der Waals surface area contributed by atoms with Crippen LogP contribution in [0.15, 0.2) is 40.2 Å². The maximum atomic E-state index is 12.7. The van der Waals surface area contributed by atoms with Crippen LogP contribution in [-0.2, 0) is 41.4 Å². The van der Waals surface area contributed by atoms with Crippen molar-refractivity contribution in [2.24, 2.45) is 14.1 Å². The van der Waals surface area contributed by atoms with E-state index in [0.717, 1.165) is 22.2 Å². The molecule has 156 valence electrons. The van der Waals surface area contributed by atoms with Crippen LogP contribution in [-0.4, -0.2) is 43.2 Å². The molecule has 1 aromatic carbocycles. The SMILES string of the molecule is CC1Cc2ccccc2N1C(=O)COC(=O)Cn1cnc2c1c(=O)n(C)c(=O)n2C. The van der Waals surface area contributed by atoms with Crippen molar-refractivity contribution in [1.29, 1.82) is 0 Å². The Morgan fingerprint density at radius 2 is 1.90 bits per heavy atom. The van der Waals surface area contributed by atoms with Crippen molar-refractivity contribution in [2.75, 3.05) is 11.5 Å². The van der Waals surface area contributed by atoms with Gasteiger partial charge in [-0.2, -0.15) is 0 Å². The molecule has 1 amide bonds. The standard InChI is InChI=1S/C20H21N5O5/c1-12-8-13-6-4-5-7-14(13)25(12)15(26)10-30-16(27)9-24-11-21-18-17(24)19(28)23(3)20(29)22(18)2/h4-7,11-12H,8-10H2,1-3H3. The minimum absolute atomic E-state index is 0.0181. The van der Waals surface area contributed by atoms with Crippen molar-refractivity contribution < 1.29 is 14.3 Å². The number of ether oxygens (including phenoxy) is 1. The number of hydrogen-bond donors (Lipinski definition) is 0. The number of carbonyl (C=O) groups excluding carboxylic acids is 2. The van der Waals surface area contributed by atoms with Crippen molar-refractivity contribution >= 4 is 28.7 Å². The first-order chi connectivity index (χ1) is 14.3. The maximum absolute atomic E-state index is 12.7. The second kappa shape index (κ2) is 7.29. The van der Waals surface area contributed by atoms with Gasteiger partial charge in [0, 0.05) is 25.8 Å². The number of para-hydroxylation sites is 1. The number of hydrogen-bond acceptors (Lipinski definition) is 6. The summed E-state index contributed by atoms with van der Waals surface area (Å²) in [7, 11) is 2.85. The Kier molecular flexibility index (Phi) is 4.76. The summed E-state index contributed by atoms with van der Waals surface area (Å²) in [5.41, 5.74) is 1.13. The smallest absolute Gasteiger partial charge is 0.332 e. The van der Waals surface area contributed by atoms with Crippen molar-refractivity contribution in [3.8, 4) is 0 Å². The summed E-state index contributed by atoms with van der Waals surface area (Å²) in [6.07, 6.45) is 2.05. The number of aromatic nitrogens is 4. The van der Waals surface area contributed by atoms with Gasteiger partial charge in [-0.15, -0.1) is 0 Å². The molecule has 1 aliphatic rings. The molecule has 1 atom stereocenters. The summed E-state index contributed by atoms with van der Waals surface area (Å²) in [6, 6.07) is 7.62. The number of fused-ring (bicyclic) bond motifs is 2. The highest BCUT2D eigenvalue weighted by atomic mass is 16.5. The van der Waals surface area contributed by atoms with Crippen LogP contribution >= 0.6 is 0 Å². The number of esters is 1. The van der Waals surface area contributed by atoms with E-state index in [-0.39, 0.29) is 29.7 Å². The molecule has 1 aliphatic heterocycles. The van der Waals surface area contributed by atoms with Crippen molar-refractivity contribution in [1.82, 2.24) is 18.7 Å². The van der Waals surface area contributed by atoms with Gasteiger partial charge in [-0.25, -0.2) is 9.78 Å². The zero-order chi connectivity index (χ0) is 21.6. The minimum Gasteiger partial charge on any atom is -0.454 e. The number of carbonyl (C=O) groups is 2. The molecule has 0 aliphatic carbocycles. The Labute approximate surface area is 170 Å². The van der Waals surface area contributed by atoms with Crippen molar-refractivity contribution in [2.45, 2.75) is 25.9 Å². The maximum Gasteiger partial charge on any atom is 0.332 e. The molecule has 0 saturated heterocycles. The van der Waals surface area contributed by atoms with Gasteiger partial charge in [-0.05, 0) is 25.0 Å². The van der Waals surface area contributed by atoms with Gasteiger partial charge < -0.3 is 14.2 Å². The van der Waals surface area contributed by atoms with E-state index in [4.69, 9.17) is 4.74 Å². The van der Waals surface area contributed by atoms with Crippen molar-refractivity contribution in [3.05, 3.63) is 57.0 Å². The number of imidazole rings is 1. The molecule has 0 fully saturated rings. The van der Waals surface area contributed by atoms with E-state index in [0.29, 0.717) is 0 Å². The van der Waals surface area contributed by atoms with Crippen LogP contribution in [0.3, 0.4) is 0 Å². The predicted molar refractivity (Wildman–Crippen MR) is 108 cm³/mol. The van der Waals surface area contributed by atoms with Gasteiger partial charge in [0.1, 0.15) is 6.54 Å². The van der Waals surface area contributed by atoms with Gasteiger partial charge in [0.25, 0.3) is 11.5 Å². The minimum atomic E-state index is -0.682. The van der Waals surface area contributed by atoms with Crippen LogP contribution < -0.4 is 16.1 Å². The molecule has 2 aromatic heterocycles. The average Bonchev–Trinajstić information content (AvgIpc) is 3.29. The Hall–Kier alpha value is -3.69. The largest absolute Gasteiger partial charge is 0.454 e. The molecule has 3 heterocycles. The predicted octanol–water partition coefficient (Wildman–Crippen LogP) is -0.0453. The first-order valence-corrected chi connectivity index (χ1v) is 9.46. The van der Waals surface area contributed by atoms with Crippen LogP contribution in [0.1, 0.15) is 12.5 Å². The van der Waals surface area contributed by atoms with Gasteiger partial charge in [0.15, 0.2) is 17.8 Å². The molecule has 0 spiro atoms. The topological polar surface area (TPSA) is 108 Å². The number of benzene rings is 1. The van der Waals surface area contributed by atoms with E-state index < -0.39 is 23.8 Å². The van der Waals surface area contributed by atoms with E-state index in [1.165, 1.54) is 29.6 Å². The zero-order valence-electron chi connectivity index (χ0n) is 16.9. The lowest BCUT2D eigenvalue weighted by molar-refractivity contribution is -0.148. The molecule has 0 radical (unpaired) electrons. The summed E-state index contributed by atoms with van der Waals surface area (Å²) in [5.74, 6) is -0.992. The van der Waals surface area contributed by atoms with E-state index >= 15 is 0 Å². The third-order valence-corrected chi connectivity index (χ3v) is 5.35.